The third-order valence-corrected chi connectivity index (χ3v) is 17.9. The lowest BCUT2D eigenvalue weighted by Crippen LogP contribution is -2.66. The molecule has 0 spiro atoms. The van der Waals surface area contributed by atoms with E-state index in [1.54, 1.807) is 0 Å². The minimum absolute atomic E-state index is 0.201. The first-order valence-corrected chi connectivity index (χ1v) is 38.1. The summed E-state index contributed by atoms with van der Waals surface area (Å²) < 4.78 is 34.4. The molecule has 3 heterocycles. The number of hydrogen-bond donors (Lipinski definition) is 12. The summed E-state index contributed by atoms with van der Waals surface area (Å²) >= 11 is 0. The number of unbranched alkanes of at least 4 members (excludes halogenated alkanes) is 17. The van der Waals surface area contributed by atoms with Gasteiger partial charge in [-0.05, 0) is 103 Å². The van der Waals surface area contributed by atoms with E-state index in [2.05, 4.69) is 165 Å². The third-order valence-electron chi connectivity index (χ3n) is 17.9. The number of rotatable bonds is 57. The summed E-state index contributed by atoms with van der Waals surface area (Å²) in [5.74, 6) is -0.290. The van der Waals surface area contributed by atoms with Crippen molar-refractivity contribution < 1.29 is 89.4 Å². The normalized spacial score (nSPS) is 27.3. The first kappa shape index (κ1) is 89.9. The molecule has 0 bridgehead atoms. The lowest BCUT2D eigenvalue weighted by Gasteiger charge is -2.48. The number of ether oxygens (including phenoxy) is 6. The molecule has 19 heteroatoms. The van der Waals surface area contributed by atoms with E-state index >= 15 is 0 Å². The van der Waals surface area contributed by atoms with Crippen molar-refractivity contribution >= 4 is 5.91 Å². The van der Waals surface area contributed by atoms with Gasteiger partial charge in [0.1, 0.15) is 73.2 Å². The van der Waals surface area contributed by atoms with E-state index in [0.29, 0.717) is 19.3 Å². The first-order chi connectivity index (χ1) is 48.8. The van der Waals surface area contributed by atoms with Crippen molar-refractivity contribution in [3.8, 4) is 0 Å². The summed E-state index contributed by atoms with van der Waals surface area (Å²) in [7, 11) is 0. The fourth-order valence-corrected chi connectivity index (χ4v) is 11.8. The molecule has 0 aromatic rings. The predicted molar refractivity (Wildman–Crippen MR) is 396 cm³/mol. The smallest absolute Gasteiger partial charge is 0.220 e. The number of carbonyl (C=O) groups is 1. The topological polar surface area (TPSA) is 307 Å². The van der Waals surface area contributed by atoms with E-state index in [4.69, 9.17) is 28.4 Å². The van der Waals surface area contributed by atoms with Crippen LogP contribution in [0.25, 0.3) is 0 Å². The molecule has 570 valence electrons. The van der Waals surface area contributed by atoms with Gasteiger partial charge in [-0.15, -0.1) is 0 Å². The van der Waals surface area contributed by atoms with Gasteiger partial charge < -0.3 is 89.9 Å². The fourth-order valence-electron chi connectivity index (χ4n) is 11.8. The second kappa shape index (κ2) is 60.0. The number of allylic oxidation sites excluding steroid dienone is 24. The van der Waals surface area contributed by atoms with Crippen LogP contribution in [-0.2, 0) is 33.2 Å². The van der Waals surface area contributed by atoms with Crippen molar-refractivity contribution in [2.24, 2.45) is 0 Å². The minimum Gasteiger partial charge on any atom is -0.394 e. The number of aliphatic hydroxyl groups is 11. The van der Waals surface area contributed by atoms with Gasteiger partial charge in [0, 0.05) is 6.42 Å². The average molecular weight is 1410 g/mol. The largest absolute Gasteiger partial charge is 0.394 e. The summed E-state index contributed by atoms with van der Waals surface area (Å²) in [6.07, 6.45) is 59.3. The average Bonchev–Trinajstić information content (AvgIpc) is 0.784. The standard InChI is InChI=1S/C81H133NO18/c1-3-5-7-9-11-13-15-17-19-21-22-23-24-25-26-27-28-29-30-31-32-33-34-35-36-37-38-39-40-41-42-43-45-47-49-51-53-55-57-59-69(87)82-64(65(86)58-56-54-52-50-48-46-44-20-18-16-14-12-10-8-6-4-2)63-95-79-75(93)72(90)77(67(61-84)97-79)100-81-76(94)73(91)78(68(62-85)98-81)99-80-74(92)71(89)70(88)66(60-83)96-80/h5,7,11,13,17,19,22-23,25-26,28-29,31-32,34-35,37-38,40-41,43,45,49,51,64-68,70-81,83-86,88-94H,3-4,6,8-10,12,14-16,18,20-21,24,27,30,33,36,39,42,44,46-48,50,52-63H2,1-2H3,(H,82,87)/b7-5-,13-11-,19-17-,23-22-,26-25-,29-28-,32-31-,35-34-,38-37-,41-40-,45-43-,51-49-. The molecule has 3 aliphatic heterocycles. The highest BCUT2D eigenvalue weighted by Crippen LogP contribution is 2.33. The number of aliphatic hydroxyl groups excluding tert-OH is 11. The number of carbonyl (C=O) groups excluding carboxylic acids is 1. The predicted octanol–water partition coefficient (Wildman–Crippen LogP) is 11.9. The van der Waals surface area contributed by atoms with Crippen molar-refractivity contribution in [2.45, 2.75) is 330 Å². The quantitative estimate of drug-likeness (QED) is 0.0199. The van der Waals surface area contributed by atoms with Crippen LogP contribution in [-0.4, -0.2) is 193 Å². The molecule has 19 nitrogen and oxygen atoms in total. The van der Waals surface area contributed by atoms with Crippen molar-refractivity contribution in [3.05, 3.63) is 146 Å². The van der Waals surface area contributed by atoms with Gasteiger partial charge in [-0.1, -0.05) is 262 Å². The Hall–Kier alpha value is -4.33. The van der Waals surface area contributed by atoms with E-state index in [0.717, 1.165) is 109 Å². The summed E-state index contributed by atoms with van der Waals surface area (Å²) in [4.78, 5) is 13.4. The Kier molecular flexibility index (Phi) is 53.9. The van der Waals surface area contributed by atoms with Crippen LogP contribution in [0.15, 0.2) is 146 Å². The molecule has 0 radical (unpaired) electrons. The maximum absolute atomic E-state index is 13.4. The van der Waals surface area contributed by atoms with E-state index in [1.807, 2.05) is 0 Å². The Bertz CT molecular complexity index is 2380. The van der Waals surface area contributed by atoms with Crippen LogP contribution in [0.4, 0.5) is 0 Å². The molecule has 3 aliphatic rings. The monoisotopic (exact) mass is 1410 g/mol. The van der Waals surface area contributed by atoms with Gasteiger partial charge in [0.15, 0.2) is 18.9 Å². The van der Waals surface area contributed by atoms with Crippen LogP contribution < -0.4 is 5.32 Å². The highest BCUT2D eigenvalue weighted by molar-refractivity contribution is 5.76. The van der Waals surface area contributed by atoms with Crippen molar-refractivity contribution in [3.63, 3.8) is 0 Å². The van der Waals surface area contributed by atoms with Crippen LogP contribution in [0, 0.1) is 0 Å². The Morgan fingerprint density at radius 3 is 1.06 bits per heavy atom. The van der Waals surface area contributed by atoms with Gasteiger partial charge in [-0.3, -0.25) is 4.79 Å². The maximum Gasteiger partial charge on any atom is 0.220 e. The molecule has 3 rings (SSSR count). The maximum atomic E-state index is 13.4. The molecule has 0 aromatic heterocycles. The lowest BCUT2D eigenvalue weighted by molar-refractivity contribution is -0.379. The molecule has 17 atom stereocenters. The highest BCUT2D eigenvalue weighted by Gasteiger charge is 2.53. The number of amides is 1. The van der Waals surface area contributed by atoms with Gasteiger partial charge in [0.2, 0.25) is 5.91 Å². The molecule has 3 fully saturated rings. The summed E-state index contributed by atoms with van der Waals surface area (Å²) in [5, 5.41) is 121. The molecule has 100 heavy (non-hydrogen) atoms. The molecule has 12 N–H and O–H groups in total. The SMILES string of the molecule is CC/C=C\C/C=C\C/C=C\C/C=C\C/C=C\C/C=C\C/C=C\C/C=C\C/C=C\C/C=C\C/C=C\C/C=C\CCCCC(=O)NC(COC1OC(CO)C(OC2OC(CO)C(OC3OC(CO)C(O)C(O)C3O)C(O)C2O)C(O)C1O)C(O)CCCCCCCCCCCCCCCCCC. The summed E-state index contributed by atoms with van der Waals surface area (Å²) in [6.45, 7) is 1.64. The van der Waals surface area contributed by atoms with E-state index in [-0.39, 0.29) is 18.9 Å². The van der Waals surface area contributed by atoms with Gasteiger partial charge in [-0.2, -0.15) is 0 Å². The fraction of sp³-hybridized carbons (Fsp3) is 0.691. The van der Waals surface area contributed by atoms with Crippen LogP contribution in [0.1, 0.15) is 226 Å². The van der Waals surface area contributed by atoms with Crippen LogP contribution in [0.2, 0.25) is 0 Å². The zero-order valence-electron chi connectivity index (χ0n) is 60.6. The molecule has 1 amide bonds. The van der Waals surface area contributed by atoms with Crippen LogP contribution in [0.5, 0.6) is 0 Å². The Morgan fingerprint density at radius 2 is 0.690 bits per heavy atom. The zero-order chi connectivity index (χ0) is 72.5. The molecule has 0 saturated carbocycles. The second-order valence-corrected chi connectivity index (χ2v) is 26.4. The Labute approximate surface area is 600 Å². The molecular weight excluding hydrogens is 1270 g/mol. The number of nitrogens with one attached hydrogen (secondary N) is 1. The minimum atomic E-state index is -1.98. The van der Waals surface area contributed by atoms with Gasteiger partial charge in [0.25, 0.3) is 0 Å². The first-order valence-electron chi connectivity index (χ1n) is 38.1. The van der Waals surface area contributed by atoms with Crippen molar-refractivity contribution in [2.75, 3.05) is 26.4 Å². The molecule has 3 saturated heterocycles. The van der Waals surface area contributed by atoms with Gasteiger partial charge >= 0.3 is 0 Å². The Morgan fingerprint density at radius 1 is 0.370 bits per heavy atom. The summed E-state index contributed by atoms with van der Waals surface area (Å²) in [6, 6.07) is -0.922. The second-order valence-electron chi connectivity index (χ2n) is 26.4. The van der Waals surface area contributed by atoms with E-state index in [1.165, 1.54) is 77.0 Å². The van der Waals surface area contributed by atoms with Crippen LogP contribution in [0.3, 0.4) is 0 Å². The highest BCUT2D eigenvalue weighted by atomic mass is 16.8. The molecule has 0 aromatic carbocycles. The third kappa shape index (κ3) is 40.1. The van der Waals surface area contributed by atoms with Crippen molar-refractivity contribution in [1.82, 2.24) is 5.32 Å². The van der Waals surface area contributed by atoms with Gasteiger partial charge in [0.05, 0.1) is 38.6 Å². The van der Waals surface area contributed by atoms with E-state index < -0.39 is 124 Å². The van der Waals surface area contributed by atoms with E-state index in [9.17, 15) is 61.0 Å². The number of hydrogen-bond acceptors (Lipinski definition) is 18. The molecule has 17 unspecified atom stereocenters. The zero-order valence-corrected chi connectivity index (χ0v) is 60.6. The lowest BCUT2D eigenvalue weighted by atomic mass is 9.96. The Balaban J connectivity index is 1.38. The molecular formula is C81H133NO18. The van der Waals surface area contributed by atoms with Gasteiger partial charge in [-0.25, -0.2) is 0 Å². The summed E-state index contributed by atoms with van der Waals surface area (Å²) in [5.41, 5.74) is 0. The molecule has 0 aliphatic carbocycles. The van der Waals surface area contributed by atoms with Crippen molar-refractivity contribution in [1.29, 1.82) is 0 Å². The van der Waals surface area contributed by atoms with Crippen LogP contribution >= 0.6 is 0 Å².